The summed E-state index contributed by atoms with van der Waals surface area (Å²) in [6, 6.07) is 9.46. The van der Waals surface area contributed by atoms with Crippen molar-refractivity contribution in [3.8, 4) is 0 Å². The van der Waals surface area contributed by atoms with Crippen molar-refractivity contribution in [2.75, 3.05) is 0 Å². The lowest BCUT2D eigenvalue weighted by Gasteiger charge is -2.24. The molecule has 0 N–H and O–H groups in total. The fraction of sp³-hybridized carbons (Fsp3) is 0.471. The number of hydrogen-bond donors (Lipinski definition) is 0. The third kappa shape index (κ3) is 6.20. The van der Waals surface area contributed by atoms with Gasteiger partial charge in [-0.3, -0.25) is 4.79 Å². The first-order chi connectivity index (χ1) is 9.09. The second kappa shape index (κ2) is 6.40. The highest BCUT2D eigenvalue weighted by atomic mass is 28.4. The summed E-state index contributed by atoms with van der Waals surface area (Å²) in [7, 11) is -1.58. The number of rotatable bonds is 6. The van der Waals surface area contributed by atoms with Crippen LogP contribution in [0.4, 0.5) is 0 Å². The Labute approximate surface area is 124 Å². The van der Waals surface area contributed by atoms with Crippen LogP contribution in [0, 0.1) is 5.41 Å². The van der Waals surface area contributed by atoms with Crippen molar-refractivity contribution in [1.29, 1.82) is 0 Å². The lowest BCUT2D eigenvalue weighted by molar-refractivity contribution is 0.0949. The Hall–Kier alpha value is -1.35. The Morgan fingerprint density at radius 1 is 1.20 bits per heavy atom. The minimum absolute atomic E-state index is 0.174. The van der Waals surface area contributed by atoms with Crippen LogP contribution in [-0.4, -0.2) is 14.1 Å². The fourth-order valence-corrected chi connectivity index (χ4v) is 3.28. The summed E-state index contributed by atoms with van der Waals surface area (Å²) in [4.78, 5) is 12.3. The van der Waals surface area contributed by atoms with E-state index in [1.807, 2.05) is 37.3 Å². The summed E-state index contributed by atoms with van der Waals surface area (Å²) in [5, 5.41) is 0. The smallest absolute Gasteiger partial charge is 0.241 e. The van der Waals surface area contributed by atoms with E-state index >= 15 is 0 Å². The largest absolute Gasteiger partial charge is 0.548 e. The molecule has 1 rings (SSSR count). The molecule has 0 bridgehead atoms. The van der Waals surface area contributed by atoms with Crippen LogP contribution in [0.2, 0.25) is 19.6 Å². The Balaban J connectivity index is 2.75. The monoisotopic (exact) mass is 290 g/mol. The van der Waals surface area contributed by atoms with E-state index in [1.54, 1.807) is 0 Å². The van der Waals surface area contributed by atoms with E-state index in [9.17, 15) is 4.79 Å². The molecule has 1 aromatic rings. The molecule has 0 aliphatic rings. The van der Waals surface area contributed by atoms with Gasteiger partial charge in [0.1, 0.15) is 0 Å². The van der Waals surface area contributed by atoms with Crippen molar-refractivity contribution < 1.29 is 9.22 Å². The molecule has 0 aromatic heterocycles. The number of allylic oxidation sites excluding steroid dienone is 2. The van der Waals surface area contributed by atoms with Gasteiger partial charge in [0.2, 0.25) is 8.32 Å². The Kier molecular flexibility index (Phi) is 5.34. The van der Waals surface area contributed by atoms with Crippen LogP contribution in [-0.2, 0) is 4.43 Å². The SMILES string of the molecule is C/C(=C\C(C)(C)CC(=O)c1ccccc1)O[Si](C)(C)C. The zero-order chi connectivity index (χ0) is 15.4. The molecular weight excluding hydrogens is 264 g/mol. The number of hydrogen-bond acceptors (Lipinski definition) is 2. The van der Waals surface area contributed by atoms with Gasteiger partial charge in [-0.25, -0.2) is 0 Å². The lowest BCUT2D eigenvalue weighted by Crippen LogP contribution is -2.25. The van der Waals surface area contributed by atoms with E-state index in [1.165, 1.54) is 0 Å². The highest BCUT2D eigenvalue weighted by Gasteiger charge is 2.23. The topological polar surface area (TPSA) is 26.3 Å². The van der Waals surface area contributed by atoms with Gasteiger partial charge < -0.3 is 4.43 Å². The van der Waals surface area contributed by atoms with Gasteiger partial charge in [0.05, 0.1) is 5.76 Å². The Morgan fingerprint density at radius 3 is 2.25 bits per heavy atom. The second-order valence-electron chi connectivity index (χ2n) is 6.92. The first-order valence-electron chi connectivity index (χ1n) is 7.06. The predicted octanol–water partition coefficient (Wildman–Crippen LogP) is 5.04. The van der Waals surface area contributed by atoms with E-state index < -0.39 is 8.32 Å². The third-order valence-electron chi connectivity index (χ3n) is 2.77. The zero-order valence-electron chi connectivity index (χ0n) is 13.5. The molecule has 0 unspecified atom stereocenters. The van der Waals surface area contributed by atoms with E-state index in [0.717, 1.165) is 11.3 Å². The second-order valence-corrected chi connectivity index (χ2v) is 11.4. The quantitative estimate of drug-likeness (QED) is 0.417. The van der Waals surface area contributed by atoms with E-state index in [0.29, 0.717) is 6.42 Å². The van der Waals surface area contributed by atoms with Gasteiger partial charge in [0, 0.05) is 12.0 Å². The number of carbonyl (C=O) groups excluding carboxylic acids is 1. The van der Waals surface area contributed by atoms with Gasteiger partial charge in [0.15, 0.2) is 5.78 Å². The molecule has 2 nitrogen and oxygen atoms in total. The molecule has 20 heavy (non-hydrogen) atoms. The summed E-state index contributed by atoms with van der Waals surface area (Å²) >= 11 is 0. The molecule has 0 aliphatic heterocycles. The zero-order valence-corrected chi connectivity index (χ0v) is 14.5. The lowest BCUT2D eigenvalue weighted by atomic mass is 9.85. The average Bonchev–Trinajstić information content (AvgIpc) is 2.25. The molecular formula is C17H26O2Si. The fourth-order valence-electron chi connectivity index (χ4n) is 2.25. The molecule has 110 valence electrons. The Morgan fingerprint density at radius 2 is 1.75 bits per heavy atom. The summed E-state index contributed by atoms with van der Waals surface area (Å²) in [6.07, 6.45) is 2.56. The number of benzene rings is 1. The van der Waals surface area contributed by atoms with Gasteiger partial charge in [-0.2, -0.15) is 0 Å². The molecule has 0 aliphatic carbocycles. The van der Waals surface area contributed by atoms with Crippen LogP contribution >= 0.6 is 0 Å². The summed E-state index contributed by atoms with van der Waals surface area (Å²) in [5.74, 6) is 1.10. The van der Waals surface area contributed by atoms with Gasteiger partial charge in [-0.1, -0.05) is 44.2 Å². The molecule has 0 saturated heterocycles. The highest BCUT2D eigenvalue weighted by Crippen LogP contribution is 2.27. The van der Waals surface area contributed by atoms with Gasteiger partial charge in [-0.15, -0.1) is 0 Å². The van der Waals surface area contributed by atoms with E-state index in [2.05, 4.69) is 39.6 Å². The average molecular weight is 290 g/mol. The molecule has 0 radical (unpaired) electrons. The van der Waals surface area contributed by atoms with Crippen molar-refractivity contribution in [2.45, 2.75) is 46.8 Å². The maximum atomic E-state index is 12.3. The minimum atomic E-state index is -1.58. The molecule has 1 aromatic carbocycles. The summed E-state index contributed by atoms with van der Waals surface area (Å²) in [5.41, 5.74) is 0.578. The molecule has 0 spiro atoms. The van der Waals surface area contributed by atoms with Crippen LogP contribution in [0.5, 0.6) is 0 Å². The molecule has 0 fully saturated rings. The molecule has 0 atom stereocenters. The van der Waals surface area contributed by atoms with Crippen LogP contribution in [0.3, 0.4) is 0 Å². The van der Waals surface area contributed by atoms with Gasteiger partial charge in [0.25, 0.3) is 0 Å². The van der Waals surface area contributed by atoms with Crippen LogP contribution in [0.15, 0.2) is 42.2 Å². The van der Waals surface area contributed by atoms with E-state index in [-0.39, 0.29) is 11.2 Å². The molecule has 0 amide bonds. The molecule has 0 heterocycles. The van der Waals surface area contributed by atoms with Crippen LogP contribution < -0.4 is 0 Å². The summed E-state index contributed by atoms with van der Waals surface area (Å²) in [6.45, 7) is 12.6. The normalized spacial score (nSPS) is 13.2. The number of carbonyl (C=O) groups is 1. The molecule has 0 saturated carbocycles. The first-order valence-corrected chi connectivity index (χ1v) is 10.5. The van der Waals surface area contributed by atoms with Crippen LogP contribution in [0.25, 0.3) is 0 Å². The first kappa shape index (κ1) is 16.7. The number of Topliss-reactive ketones (excluding diaryl/α,β-unsaturated/α-hetero) is 1. The minimum Gasteiger partial charge on any atom is -0.548 e. The predicted molar refractivity (Wildman–Crippen MR) is 87.4 cm³/mol. The van der Waals surface area contributed by atoms with Crippen molar-refractivity contribution in [3.63, 3.8) is 0 Å². The number of ketones is 1. The van der Waals surface area contributed by atoms with Crippen molar-refractivity contribution in [1.82, 2.24) is 0 Å². The van der Waals surface area contributed by atoms with Crippen molar-refractivity contribution in [3.05, 3.63) is 47.7 Å². The standard InChI is InChI=1S/C17H26O2Si/c1-14(19-20(4,5)6)12-17(2,3)13-16(18)15-10-8-7-9-11-15/h7-12H,13H2,1-6H3/b14-12+. The van der Waals surface area contributed by atoms with Crippen molar-refractivity contribution in [2.24, 2.45) is 5.41 Å². The summed E-state index contributed by atoms with van der Waals surface area (Å²) < 4.78 is 5.95. The Bertz CT molecular complexity index is 481. The third-order valence-corrected chi connectivity index (χ3v) is 3.71. The van der Waals surface area contributed by atoms with Gasteiger partial charge in [-0.05, 0) is 38.1 Å². The van der Waals surface area contributed by atoms with Gasteiger partial charge >= 0.3 is 0 Å². The maximum absolute atomic E-state index is 12.3. The van der Waals surface area contributed by atoms with Crippen LogP contribution in [0.1, 0.15) is 37.6 Å². The maximum Gasteiger partial charge on any atom is 0.241 e. The highest BCUT2D eigenvalue weighted by molar-refractivity contribution is 6.70. The van der Waals surface area contributed by atoms with E-state index in [4.69, 9.17) is 4.43 Å². The molecule has 3 heteroatoms. The van der Waals surface area contributed by atoms with Crippen molar-refractivity contribution >= 4 is 14.1 Å².